The smallest absolute Gasteiger partial charge is 0.355 e. The number of ketones is 1. The maximum absolute atomic E-state index is 12.9. The molecule has 1 aliphatic heterocycles. The number of ether oxygens (including phenoxy) is 1. The second kappa shape index (κ2) is 6.28. The van der Waals surface area contributed by atoms with Crippen LogP contribution in [0.3, 0.4) is 0 Å². The third kappa shape index (κ3) is 2.93. The number of nitrogens with one attached hydrogen (secondary N) is 1. The summed E-state index contributed by atoms with van der Waals surface area (Å²) in [6, 6.07) is 12.1. The Morgan fingerprint density at radius 1 is 1.08 bits per heavy atom. The van der Waals surface area contributed by atoms with Crippen LogP contribution in [-0.2, 0) is 9.53 Å². The molecule has 1 unspecified atom stereocenters. The van der Waals surface area contributed by atoms with Crippen LogP contribution < -0.4 is 5.32 Å². The van der Waals surface area contributed by atoms with Crippen molar-refractivity contribution in [3.63, 3.8) is 0 Å². The van der Waals surface area contributed by atoms with E-state index in [0.29, 0.717) is 11.3 Å². The van der Waals surface area contributed by atoms with Gasteiger partial charge in [0.05, 0.1) is 12.8 Å². The Labute approximate surface area is 140 Å². The molecule has 3 rings (SSSR count). The van der Waals surface area contributed by atoms with Crippen molar-refractivity contribution in [2.45, 2.75) is 19.9 Å². The second-order valence-corrected chi connectivity index (χ2v) is 5.82. The molecule has 0 amide bonds. The average molecular weight is 322 g/mol. The molecule has 0 spiro atoms. The number of aliphatic imine (C=N–C) groups is 1. The summed E-state index contributed by atoms with van der Waals surface area (Å²) in [5.74, 6) is -0.802. The molecule has 0 aromatic heterocycles. The lowest BCUT2D eigenvalue weighted by atomic mass is 9.93. The number of methoxy groups -OCH3 is 1. The van der Waals surface area contributed by atoms with Crippen LogP contribution in [0.25, 0.3) is 0 Å². The largest absolute Gasteiger partial charge is 0.464 e. The SMILES string of the molecule is COC(=O)C1=Nc2ccc(C)cc2C(=O)C1Nc1ccc(C)cc1. The lowest BCUT2D eigenvalue weighted by Gasteiger charge is -2.24. The predicted octanol–water partition coefficient (Wildman–Crippen LogP) is 3.23. The Morgan fingerprint density at radius 2 is 1.75 bits per heavy atom. The number of carbonyl (C=O) groups is 2. The van der Waals surface area contributed by atoms with Gasteiger partial charge in [0.2, 0.25) is 0 Å². The molecule has 2 aromatic rings. The predicted molar refractivity (Wildman–Crippen MR) is 93.2 cm³/mol. The fourth-order valence-electron chi connectivity index (χ4n) is 2.64. The van der Waals surface area contributed by atoms with Gasteiger partial charge in [-0.25, -0.2) is 9.79 Å². The van der Waals surface area contributed by atoms with Crippen molar-refractivity contribution in [1.82, 2.24) is 0 Å². The molecule has 5 heteroatoms. The summed E-state index contributed by atoms with van der Waals surface area (Å²) in [6.07, 6.45) is 0. The number of nitrogens with zero attached hydrogens (tertiary/aromatic N) is 1. The summed E-state index contributed by atoms with van der Waals surface area (Å²) in [6.45, 7) is 3.89. The molecular formula is C19H18N2O3. The van der Waals surface area contributed by atoms with E-state index in [0.717, 1.165) is 16.8 Å². The Kier molecular flexibility index (Phi) is 4.16. The molecule has 0 fully saturated rings. The molecule has 2 aromatic carbocycles. The Balaban J connectivity index is 2.04. The molecule has 1 aliphatic rings. The van der Waals surface area contributed by atoms with Crippen molar-refractivity contribution in [1.29, 1.82) is 0 Å². The summed E-state index contributed by atoms with van der Waals surface area (Å²) in [5.41, 5.74) is 3.89. The molecule has 1 atom stereocenters. The van der Waals surface area contributed by atoms with Gasteiger partial charge in [0, 0.05) is 11.3 Å². The minimum atomic E-state index is -0.866. The maximum Gasteiger partial charge on any atom is 0.355 e. The highest BCUT2D eigenvalue weighted by Crippen LogP contribution is 2.28. The highest BCUT2D eigenvalue weighted by atomic mass is 16.5. The number of benzene rings is 2. The number of carbonyl (C=O) groups excluding carboxylic acids is 2. The topological polar surface area (TPSA) is 67.8 Å². The van der Waals surface area contributed by atoms with Crippen molar-refractivity contribution in [3.8, 4) is 0 Å². The number of fused-ring (bicyclic) bond motifs is 1. The van der Waals surface area contributed by atoms with E-state index >= 15 is 0 Å². The zero-order chi connectivity index (χ0) is 17.3. The molecule has 24 heavy (non-hydrogen) atoms. The minimum absolute atomic E-state index is 0.0689. The quantitative estimate of drug-likeness (QED) is 0.881. The molecule has 0 aliphatic carbocycles. The highest BCUT2D eigenvalue weighted by molar-refractivity contribution is 6.46. The van der Waals surface area contributed by atoms with Crippen LogP contribution in [0.5, 0.6) is 0 Å². The van der Waals surface area contributed by atoms with Gasteiger partial charge in [-0.1, -0.05) is 29.3 Å². The molecule has 0 radical (unpaired) electrons. The van der Waals surface area contributed by atoms with Crippen molar-refractivity contribution in [3.05, 3.63) is 59.2 Å². The van der Waals surface area contributed by atoms with Gasteiger partial charge in [-0.05, 0) is 38.1 Å². The lowest BCUT2D eigenvalue weighted by Crippen LogP contribution is -2.44. The Bertz CT molecular complexity index is 838. The van der Waals surface area contributed by atoms with Gasteiger partial charge in [0.15, 0.2) is 11.5 Å². The van der Waals surface area contributed by atoms with Gasteiger partial charge in [0.1, 0.15) is 6.04 Å². The van der Waals surface area contributed by atoms with Crippen molar-refractivity contribution in [2.24, 2.45) is 4.99 Å². The second-order valence-electron chi connectivity index (χ2n) is 5.82. The number of hydrogen-bond donors (Lipinski definition) is 1. The Hall–Kier alpha value is -2.95. The van der Waals surface area contributed by atoms with Crippen molar-refractivity contribution < 1.29 is 14.3 Å². The number of esters is 1. The summed E-state index contributed by atoms with van der Waals surface area (Å²) in [5, 5.41) is 3.10. The van der Waals surface area contributed by atoms with E-state index in [4.69, 9.17) is 4.74 Å². The Morgan fingerprint density at radius 3 is 2.42 bits per heavy atom. The first-order valence-electron chi connectivity index (χ1n) is 7.64. The minimum Gasteiger partial charge on any atom is -0.464 e. The van der Waals surface area contributed by atoms with E-state index in [2.05, 4.69) is 10.3 Å². The molecular weight excluding hydrogens is 304 g/mol. The summed E-state index contributed by atoms with van der Waals surface area (Å²) in [7, 11) is 1.28. The van der Waals surface area contributed by atoms with Crippen LogP contribution in [0.2, 0.25) is 0 Å². The summed E-state index contributed by atoms with van der Waals surface area (Å²) in [4.78, 5) is 29.4. The number of rotatable bonds is 3. The molecule has 0 saturated carbocycles. The van der Waals surface area contributed by atoms with Gasteiger partial charge < -0.3 is 10.1 Å². The van der Waals surface area contributed by atoms with E-state index < -0.39 is 12.0 Å². The van der Waals surface area contributed by atoms with Gasteiger partial charge in [-0.15, -0.1) is 0 Å². The van der Waals surface area contributed by atoms with E-state index in [1.807, 2.05) is 44.2 Å². The third-order valence-corrected chi connectivity index (χ3v) is 3.95. The van der Waals surface area contributed by atoms with Crippen molar-refractivity contribution >= 4 is 28.8 Å². The third-order valence-electron chi connectivity index (χ3n) is 3.95. The van der Waals surface area contributed by atoms with E-state index in [1.54, 1.807) is 12.1 Å². The fraction of sp³-hybridized carbons (Fsp3) is 0.211. The molecule has 0 saturated heterocycles. The lowest BCUT2D eigenvalue weighted by molar-refractivity contribution is -0.132. The van der Waals surface area contributed by atoms with Crippen LogP contribution in [0.1, 0.15) is 21.5 Å². The monoisotopic (exact) mass is 322 g/mol. The zero-order valence-corrected chi connectivity index (χ0v) is 13.8. The van der Waals surface area contributed by atoms with E-state index in [9.17, 15) is 9.59 Å². The summed E-state index contributed by atoms with van der Waals surface area (Å²) < 4.78 is 4.80. The van der Waals surface area contributed by atoms with Gasteiger partial charge >= 0.3 is 5.97 Å². The number of aryl methyl sites for hydroxylation is 2. The maximum atomic E-state index is 12.9. The number of hydrogen-bond acceptors (Lipinski definition) is 5. The molecule has 5 nitrogen and oxygen atoms in total. The van der Waals surface area contributed by atoms with Gasteiger partial charge in [-0.2, -0.15) is 0 Å². The molecule has 122 valence electrons. The standard InChI is InChI=1S/C19H18N2O3/c1-11-4-7-13(8-5-11)20-16-17(19(23)24-3)21-15-9-6-12(2)10-14(15)18(16)22/h4-10,16,20H,1-3H3. The van der Waals surface area contributed by atoms with Crippen LogP contribution in [0.4, 0.5) is 11.4 Å². The molecule has 0 bridgehead atoms. The average Bonchev–Trinajstić information content (AvgIpc) is 2.58. The molecule has 1 N–H and O–H groups in total. The van der Waals surface area contributed by atoms with Crippen LogP contribution in [-0.4, -0.2) is 30.6 Å². The van der Waals surface area contributed by atoms with Crippen LogP contribution >= 0.6 is 0 Å². The van der Waals surface area contributed by atoms with Crippen LogP contribution in [0.15, 0.2) is 47.5 Å². The first kappa shape index (κ1) is 15.9. The number of Topliss-reactive ketones (excluding diaryl/α,β-unsaturated/α-hetero) is 1. The van der Waals surface area contributed by atoms with Gasteiger partial charge in [0.25, 0.3) is 0 Å². The van der Waals surface area contributed by atoms with Crippen LogP contribution in [0, 0.1) is 13.8 Å². The van der Waals surface area contributed by atoms with Crippen molar-refractivity contribution in [2.75, 3.05) is 12.4 Å². The first-order chi connectivity index (χ1) is 11.5. The highest BCUT2D eigenvalue weighted by Gasteiger charge is 2.36. The zero-order valence-electron chi connectivity index (χ0n) is 13.8. The molecule has 1 heterocycles. The fourth-order valence-corrected chi connectivity index (χ4v) is 2.64. The van der Waals surface area contributed by atoms with Gasteiger partial charge in [-0.3, -0.25) is 4.79 Å². The normalized spacial score (nSPS) is 16.2. The first-order valence-corrected chi connectivity index (χ1v) is 7.64. The van der Waals surface area contributed by atoms with E-state index in [1.165, 1.54) is 7.11 Å². The van der Waals surface area contributed by atoms with E-state index in [-0.39, 0.29) is 11.5 Å². The number of anilines is 1. The summed E-state index contributed by atoms with van der Waals surface area (Å²) >= 11 is 0.